The summed E-state index contributed by atoms with van der Waals surface area (Å²) in [4.78, 5) is 0. The van der Waals surface area contributed by atoms with Gasteiger partial charge in [-0.1, -0.05) is 175 Å². The average molecular weight is 715 g/mol. The van der Waals surface area contributed by atoms with Crippen molar-refractivity contribution < 1.29 is 0 Å². The van der Waals surface area contributed by atoms with Crippen LogP contribution in [0.25, 0.3) is 38.5 Å². The fourth-order valence-corrected chi connectivity index (χ4v) is 9.91. The molecule has 0 aliphatic heterocycles. The van der Waals surface area contributed by atoms with Crippen molar-refractivity contribution in [2.75, 3.05) is 0 Å². The fraction of sp³-hybridized carbons (Fsp3) is 0.0370. The second-order valence-corrected chi connectivity index (χ2v) is 15.1. The maximum Gasteiger partial charge on any atom is 0.0569 e. The van der Waals surface area contributed by atoms with Crippen molar-refractivity contribution in [3.8, 4) is 23.7 Å². The van der Waals surface area contributed by atoms with E-state index < -0.39 is 5.41 Å². The first-order valence-electron chi connectivity index (χ1n) is 18.7. The average Bonchev–Trinajstić information content (AvgIpc) is 3.85. The molecule has 254 valence electrons. The monoisotopic (exact) mass is 714 g/mol. The maximum absolute atomic E-state index is 7.56. The van der Waals surface area contributed by atoms with Crippen molar-refractivity contribution >= 4 is 50.1 Å². The molecule has 0 saturated heterocycles. The summed E-state index contributed by atoms with van der Waals surface area (Å²) < 4.78 is 0. The molecule has 11 rings (SSSR count). The molecule has 0 bridgehead atoms. The number of rotatable bonds is 1. The van der Waals surface area contributed by atoms with Gasteiger partial charge in [-0.15, -0.1) is 0 Å². The van der Waals surface area contributed by atoms with Gasteiger partial charge >= 0.3 is 0 Å². The van der Waals surface area contributed by atoms with Crippen LogP contribution in [0.1, 0.15) is 62.6 Å². The van der Waals surface area contributed by atoms with Crippen LogP contribution < -0.4 is 0 Å². The van der Waals surface area contributed by atoms with Gasteiger partial charge in [0.2, 0.25) is 0 Å². The normalized spacial score (nSPS) is 18.2. The first-order chi connectivity index (χ1) is 27.1. The molecule has 55 heavy (non-hydrogen) atoms. The zero-order valence-electron chi connectivity index (χ0n) is 30.1. The van der Waals surface area contributed by atoms with Crippen LogP contribution in [0.4, 0.5) is 0 Å². The van der Waals surface area contributed by atoms with E-state index in [-0.39, 0.29) is 0 Å². The molecular formula is C54H31Cl. The van der Waals surface area contributed by atoms with Gasteiger partial charge < -0.3 is 0 Å². The smallest absolute Gasteiger partial charge is 0.0569 e. The molecule has 6 aromatic carbocycles. The molecule has 0 nitrogen and oxygen atoms in total. The van der Waals surface area contributed by atoms with Gasteiger partial charge in [0.25, 0.3) is 0 Å². The predicted octanol–water partition coefficient (Wildman–Crippen LogP) is 12.7. The van der Waals surface area contributed by atoms with E-state index in [0.717, 1.165) is 55.1 Å². The molecule has 0 heterocycles. The summed E-state index contributed by atoms with van der Waals surface area (Å²) in [6.45, 7) is 7.50. The number of hydrogen-bond donors (Lipinski definition) is 0. The lowest BCUT2D eigenvalue weighted by molar-refractivity contribution is 0.671. The van der Waals surface area contributed by atoms with Crippen LogP contribution in [0.5, 0.6) is 0 Å². The quantitative estimate of drug-likeness (QED) is 0.149. The SMILES string of the molecule is C=C1C2=C(C#Cc3ccccc3C#Cc3ccccc3)c3ccccc3C2=C2C3=C(C4=C(Cl)c5ccccc5C4=C(c4ccccc4)C13C)c1ccccc12. The Bertz CT molecular complexity index is 3040. The molecule has 1 atom stereocenters. The van der Waals surface area contributed by atoms with Crippen LogP contribution in [0.3, 0.4) is 0 Å². The minimum absolute atomic E-state index is 0.606. The van der Waals surface area contributed by atoms with Crippen LogP contribution in [0.2, 0.25) is 0 Å². The summed E-state index contributed by atoms with van der Waals surface area (Å²) in [6, 6.07) is 55.4. The van der Waals surface area contributed by atoms with Crippen molar-refractivity contribution in [1.82, 2.24) is 0 Å². The van der Waals surface area contributed by atoms with Crippen LogP contribution in [-0.4, -0.2) is 0 Å². The van der Waals surface area contributed by atoms with Crippen LogP contribution in [0.15, 0.2) is 187 Å². The van der Waals surface area contributed by atoms with E-state index in [2.05, 4.69) is 146 Å². The summed E-state index contributed by atoms with van der Waals surface area (Å²) in [5, 5.41) is 0.809. The van der Waals surface area contributed by atoms with Gasteiger partial charge in [-0.05, 0) is 104 Å². The summed E-state index contributed by atoms with van der Waals surface area (Å²) >= 11 is 7.56. The summed E-state index contributed by atoms with van der Waals surface area (Å²) in [5.74, 6) is 14.1. The Morgan fingerprint density at radius 1 is 0.418 bits per heavy atom. The Labute approximate surface area is 326 Å². The molecule has 5 aliphatic rings. The number of benzene rings is 6. The standard InChI is InChI=1S/C54H31Cl/c1-33-45-43(32-31-36-20-10-9-19-35(36)30-29-34-17-5-3-6-18-34)38-23-11-12-24-39(38)46(45)47-40-25-13-14-26-41(40)49-50-48(42-27-15-16-28-44(42)53(50)55)51(54(33,2)52(47)49)37-21-7-4-8-22-37/h3-28H,1H2,2H3. The minimum atomic E-state index is -0.606. The van der Waals surface area contributed by atoms with Crippen molar-refractivity contribution in [2.45, 2.75) is 6.92 Å². The Hall–Kier alpha value is -6.83. The fourth-order valence-electron chi connectivity index (χ4n) is 9.56. The second kappa shape index (κ2) is 11.8. The van der Waals surface area contributed by atoms with Crippen molar-refractivity contribution in [3.63, 3.8) is 0 Å². The van der Waals surface area contributed by atoms with Crippen molar-refractivity contribution in [3.05, 3.63) is 242 Å². The van der Waals surface area contributed by atoms with Gasteiger partial charge in [0.15, 0.2) is 0 Å². The molecule has 5 aliphatic carbocycles. The molecule has 0 fully saturated rings. The number of hydrogen-bond acceptors (Lipinski definition) is 0. The third kappa shape index (κ3) is 4.33. The molecule has 0 N–H and O–H groups in total. The lowest BCUT2D eigenvalue weighted by atomic mass is 9.55. The molecule has 0 amide bonds. The Balaban J connectivity index is 1.24. The number of allylic oxidation sites excluding steroid dienone is 10. The zero-order chi connectivity index (χ0) is 36.8. The van der Waals surface area contributed by atoms with Gasteiger partial charge in [0, 0.05) is 44.4 Å². The van der Waals surface area contributed by atoms with Crippen LogP contribution in [-0.2, 0) is 0 Å². The predicted molar refractivity (Wildman–Crippen MR) is 229 cm³/mol. The van der Waals surface area contributed by atoms with Gasteiger partial charge in [-0.2, -0.15) is 0 Å². The Morgan fingerprint density at radius 3 is 1.55 bits per heavy atom. The first-order valence-corrected chi connectivity index (χ1v) is 19.1. The van der Waals surface area contributed by atoms with Gasteiger partial charge in [0.1, 0.15) is 0 Å². The van der Waals surface area contributed by atoms with Crippen molar-refractivity contribution in [2.24, 2.45) is 5.41 Å². The lowest BCUT2D eigenvalue weighted by Gasteiger charge is -2.46. The highest BCUT2D eigenvalue weighted by Crippen LogP contribution is 2.73. The molecule has 1 heteroatoms. The summed E-state index contributed by atoms with van der Waals surface area (Å²) in [6.07, 6.45) is 0. The van der Waals surface area contributed by atoms with E-state index in [1.807, 2.05) is 42.5 Å². The second-order valence-electron chi connectivity index (χ2n) is 14.7. The Morgan fingerprint density at radius 2 is 0.891 bits per heavy atom. The largest absolute Gasteiger partial charge is 0.0939 e. The highest BCUT2D eigenvalue weighted by atomic mass is 35.5. The molecule has 0 radical (unpaired) electrons. The summed E-state index contributed by atoms with van der Waals surface area (Å²) in [5.41, 5.74) is 22.0. The van der Waals surface area contributed by atoms with E-state index in [4.69, 9.17) is 18.2 Å². The van der Waals surface area contributed by atoms with E-state index in [9.17, 15) is 0 Å². The maximum atomic E-state index is 7.56. The Kier molecular flexibility index (Phi) is 6.82. The third-order valence-corrected chi connectivity index (χ3v) is 12.3. The van der Waals surface area contributed by atoms with Crippen LogP contribution >= 0.6 is 11.6 Å². The molecule has 0 saturated carbocycles. The third-order valence-electron chi connectivity index (χ3n) is 11.9. The molecule has 0 spiro atoms. The summed E-state index contributed by atoms with van der Waals surface area (Å²) in [7, 11) is 0. The number of halogens is 1. The molecule has 0 aromatic heterocycles. The molecular weight excluding hydrogens is 684 g/mol. The van der Waals surface area contributed by atoms with Gasteiger partial charge in [-0.3, -0.25) is 0 Å². The zero-order valence-corrected chi connectivity index (χ0v) is 30.9. The van der Waals surface area contributed by atoms with E-state index >= 15 is 0 Å². The molecule has 6 aromatic rings. The van der Waals surface area contributed by atoms with Crippen molar-refractivity contribution in [1.29, 1.82) is 0 Å². The highest BCUT2D eigenvalue weighted by Gasteiger charge is 2.56. The minimum Gasteiger partial charge on any atom is -0.0939 e. The topological polar surface area (TPSA) is 0 Å². The first kappa shape index (κ1) is 31.7. The lowest BCUT2D eigenvalue weighted by Crippen LogP contribution is -2.32. The van der Waals surface area contributed by atoms with Gasteiger partial charge in [0.05, 0.1) is 5.03 Å². The van der Waals surface area contributed by atoms with E-state index in [1.54, 1.807) is 0 Å². The number of fused-ring (bicyclic) bond motifs is 10. The highest BCUT2D eigenvalue weighted by molar-refractivity contribution is 6.54. The van der Waals surface area contributed by atoms with E-state index in [0.29, 0.717) is 0 Å². The van der Waals surface area contributed by atoms with Crippen LogP contribution in [0, 0.1) is 29.1 Å². The molecule has 1 unspecified atom stereocenters. The van der Waals surface area contributed by atoms with Gasteiger partial charge in [-0.25, -0.2) is 0 Å². The van der Waals surface area contributed by atoms with E-state index in [1.165, 1.54) is 61.3 Å².